The number of benzene rings is 1. The van der Waals surface area contributed by atoms with Crippen molar-refractivity contribution >= 4 is 17.5 Å². The molecular weight excluding hydrogens is 375 g/mol. The van der Waals surface area contributed by atoms with Gasteiger partial charge in [0.15, 0.2) is 0 Å². The summed E-state index contributed by atoms with van der Waals surface area (Å²) in [5.41, 5.74) is 1.71. The molecule has 0 unspecified atom stereocenters. The summed E-state index contributed by atoms with van der Waals surface area (Å²) in [5.74, 6) is 0.263. The maximum absolute atomic E-state index is 12.4. The summed E-state index contributed by atoms with van der Waals surface area (Å²) in [6.45, 7) is 0.135. The molecule has 0 bridgehead atoms. The molecule has 10 heteroatoms. The Kier molecular flexibility index (Phi) is 5.90. The van der Waals surface area contributed by atoms with Crippen LogP contribution in [0, 0.1) is 0 Å². The lowest BCUT2D eigenvalue weighted by atomic mass is 10.2. The van der Waals surface area contributed by atoms with Gasteiger partial charge < -0.3 is 20.5 Å². The van der Waals surface area contributed by atoms with Crippen molar-refractivity contribution in [2.45, 2.75) is 6.36 Å². The van der Waals surface area contributed by atoms with Crippen molar-refractivity contribution in [1.29, 1.82) is 0 Å². The van der Waals surface area contributed by atoms with E-state index in [1.165, 1.54) is 18.2 Å². The summed E-state index contributed by atoms with van der Waals surface area (Å²) in [4.78, 5) is 12.6. The molecule has 28 heavy (non-hydrogen) atoms. The largest absolute Gasteiger partial charge is 0.573 e. The molecule has 0 spiro atoms. The van der Waals surface area contributed by atoms with Gasteiger partial charge in [-0.3, -0.25) is 4.98 Å². The fraction of sp³-hybridized carbons (Fsp3) is 0.167. The van der Waals surface area contributed by atoms with Gasteiger partial charge in [0.1, 0.15) is 11.6 Å². The van der Waals surface area contributed by atoms with E-state index in [2.05, 4.69) is 30.3 Å². The third-order valence-corrected chi connectivity index (χ3v) is 3.44. The first kappa shape index (κ1) is 19.4. The zero-order valence-electron chi connectivity index (χ0n) is 14.4. The Morgan fingerprint density at radius 1 is 1.04 bits per heavy atom. The smallest absolute Gasteiger partial charge is 0.406 e. The molecule has 146 valence electrons. The van der Waals surface area contributed by atoms with E-state index in [0.29, 0.717) is 17.2 Å². The normalized spacial score (nSPS) is 11.1. The molecule has 0 aliphatic heterocycles. The van der Waals surface area contributed by atoms with Crippen LogP contribution in [0.2, 0.25) is 0 Å². The van der Waals surface area contributed by atoms with Crippen molar-refractivity contribution in [2.75, 3.05) is 23.8 Å². The molecular formula is C18H16F3N5O2. The molecule has 0 atom stereocenters. The van der Waals surface area contributed by atoms with Crippen LogP contribution in [0.3, 0.4) is 0 Å². The number of aliphatic hydroxyl groups excluding tert-OH is 1. The maximum Gasteiger partial charge on any atom is 0.573 e. The Balaban J connectivity index is 1.89. The number of ether oxygens (including phenoxy) is 1. The first-order valence-corrected chi connectivity index (χ1v) is 8.20. The van der Waals surface area contributed by atoms with E-state index in [1.807, 2.05) is 0 Å². The molecule has 2 aromatic heterocycles. The molecule has 0 saturated heterocycles. The van der Waals surface area contributed by atoms with E-state index < -0.39 is 6.36 Å². The van der Waals surface area contributed by atoms with Gasteiger partial charge in [-0.1, -0.05) is 6.07 Å². The fourth-order valence-corrected chi connectivity index (χ4v) is 2.35. The molecule has 0 aliphatic carbocycles. The maximum atomic E-state index is 12.4. The van der Waals surface area contributed by atoms with Crippen LogP contribution < -0.4 is 15.4 Å². The summed E-state index contributed by atoms with van der Waals surface area (Å²) >= 11 is 0. The highest BCUT2D eigenvalue weighted by molar-refractivity contribution is 5.67. The summed E-state index contributed by atoms with van der Waals surface area (Å²) < 4.78 is 41.2. The zero-order chi connectivity index (χ0) is 20.0. The summed E-state index contributed by atoms with van der Waals surface area (Å²) in [7, 11) is 0. The number of aliphatic hydroxyl groups is 1. The minimum atomic E-state index is -4.77. The summed E-state index contributed by atoms with van der Waals surface area (Å²) in [6, 6.07) is 10.6. The summed E-state index contributed by atoms with van der Waals surface area (Å²) in [5, 5.41) is 14.8. The fourth-order valence-electron chi connectivity index (χ4n) is 2.35. The topological polar surface area (TPSA) is 92.2 Å². The molecule has 7 nitrogen and oxygen atoms in total. The molecule has 3 aromatic rings. The molecule has 3 N–H and O–H groups in total. The first-order valence-electron chi connectivity index (χ1n) is 8.20. The van der Waals surface area contributed by atoms with Gasteiger partial charge in [0.25, 0.3) is 0 Å². The molecule has 0 saturated carbocycles. The predicted octanol–water partition coefficient (Wildman–Crippen LogP) is 3.59. The lowest BCUT2D eigenvalue weighted by Gasteiger charge is -2.13. The monoisotopic (exact) mass is 391 g/mol. The Morgan fingerprint density at radius 3 is 2.54 bits per heavy atom. The van der Waals surface area contributed by atoms with Crippen LogP contribution in [0.15, 0.2) is 54.9 Å². The molecule has 2 heterocycles. The highest BCUT2D eigenvalue weighted by Gasteiger charge is 2.31. The van der Waals surface area contributed by atoms with Crippen molar-refractivity contribution in [3.63, 3.8) is 0 Å². The lowest BCUT2D eigenvalue weighted by molar-refractivity contribution is -0.274. The van der Waals surface area contributed by atoms with Gasteiger partial charge in [0.05, 0.1) is 12.3 Å². The van der Waals surface area contributed by atoms with Gasteiger partial charge in [0.2, 0.25) is 5.95 Å². The standard InChI is InChI=1S/C18H16F3N5O2/c19-18(20,21)28-14-3-1-2-13(10-14)24-16-11-15(12-4-6-22-7-5-12)25-17(26-16)23-8-9-27/h1-7,10-11,27H,8-9H2,(H2,23,24,25,26). The Bertz CT molecular complexity index is 923. The average Bonchev–Trinajstić information content (AvgIpc) is 2.66. The number of anilines is 3. The van der Waals surface area contributed by atoms with Crippen molar-refractivity contribution in [1.82, 2.24) is 15.0 Å². The zero-order valence-corrected chi connectivity index (χ0v) is 14.4. The molecule has 0 fully saturated rings. The Hall–Kier alpha value is -3.40. The number of hydrogen-bond acceptors (Lipinski definition) is 7. The van der Waals surface area contributed by atoms with E-state index in [0.717, 1.165) is 5.56 Å². The second kappa shape index (κ2) is 8.53. The van der Waals surface area contributed by atoms with Crippen molar-refractivity contribution in [3.8, 4) is 17.0 Å². The lowest BCUT2D eigenvalue weighted by Crippen LogP contribution is -2.17. The van der Waals surface area contributed by atoms with Crippen LogP contribution in [0.25, 0.3) is 11.3 Å². The van der Waals surface area contributed by atoms with Crippen LogP contribution in [0.4, 0.5) is 30.6 Å². The number of aromatic nitrogens is 3. The van der Waals surface area contributed by atoms with Crippen LogP contribution in [-0.2, 0) is 0 Å². The second-order valence-corrected chi connectivity index (χ2v) is 5.55. The molecule has 0 aliphatic rings. The minimum absolute atomic E-state index is 0.109. The Morgan fingerprint density at radius 2 is 1.82 bits per heavy atom. The SMILES string of the molecule is OCCNc1nc(Nc2cccc(OC(F)(F)F)c2)cc(-c2ccncc2)n1. The van der Waals surface area contributed by atoms with Gasteiger partial charge in [-0.05, 0) is 24.3 Å². The van der Waals surface area contributed by atoms with Gasteiger partial charge in [-0.2, -0.15) is 4.98 Å². The summed E-state index contributed by atoms with van der Waals surface area (Å²) in [6.07, 6.45) is -1.55. The van der Waals surface area contributed by atoms with E-state index in [4.69, 9.17) is 5.11 Å². The van der Waals surface area contributed by atoms with Crippen LogP contribution in [0.1, 0.15) is 0 Å². The number of hydrogen-bond donors (Lipinski definition) is 3. The highest BCUT2D eigenvalue weighted by Crippen LogP contribution is 2.28. The van der Waals surface area contributed by atoms with Gasteiger partial charge >= 0.3 is 6.36 Å². The minimum Gasteiger partial charge on any atom is -0.406 e. The number of rotatable bonds is 7. The number of nitrogens with zero attached hydrogens (tertiary/aromatic N) is 3. The van der Waals surface area contributed by atoms with Crippen LogP contribution in [-0.4, -0.2) is 39.6 Å². The average molecular weight is 391 g/mol. The van der Waals surface area contributed by atoms with Gasteiger partial charge in [0, 0.05) is 42.3 Å². The number of halogens is 3. The van der Waals surface area contributed by atoms with E-state index in [-0.39, 0.29) is 24.8 Å². The Labute approximate surface area is 158 Å². The number of nitrogens with one attached hydrogen (secondary N) is 2. The number of pyridine rings is 1. The molecule has 1 aromatic carbocycles. The van der Waals surface area contributed by atoms with Crippen LogP contribution in [0.5, 0.6) is 5.75 Å². The van der Waals surface area contributed by atoms with Gasteiger partial charge in [-0.15, -0.1) is 13.2 Å². The highest BCUT2D eigenvalue weighted by atomic mass is 19.4. The third kappa shape index (κ3) is 5.55. The number of alkyl halides is 3. The van der Waals surface area contributed by atoms with E-state index in [9.17, 15) is 13.2 Å². The van der Waals surface area contributed by atoms with Gasteiger partial charge in [-0.25, -0.2) is 4.98 Å². The quantitative estimate of drug-likeness (QED) is 0.567. The third-order valence-electron chi connectivity index (χ3n) is 3.44. The second-order valence-electron chi connectivity index (χ2n) is 5.55. The molecule has 3 rings (SSSR count). The van der Waals surface area contributed by atoms with E-state index >= 15 is 0 Å². The molecule has 0 radical (unpaired) electrons. The van der Waals surface area contributed by atoms with Crippen molar-refractivity contribution in [3.05, 3.63) is 54.9 Å². The van der Waals surface area contributed by atoms with E-state index in [1.54, 1.807) is 36.7 Å². The predicted molar refractivity (Wildman–Crippen MR) is 97.2 cm³/mol. The van der Waals surface area contributed by atoms with Crippen molar-refractivity contribution < 1.29 is 23.0 Å². The first-order chi connectivity index (χ1) is 13.4. The van der Waals surface area contributed by atoms with Crippen LogP contribution >= 0.6 is 0 Å². The molecule has 0 amide bonds. The van der Waals surface area contributed by atoms with Crippen molar-refractivity contribution in [2.24, 2.45) is 0 Å².